The van der Waals surface area contributed by atoms with Crippen molar-refractivity contribution in [2.24, 2.45) is 0 Å². The van der Waals surface area contributed by atoms with Gasteiger partial charge in [0.2, 0.25) is 0 Å². The maximum absolute atomic E-state index is 4.54. The molecule has 4 heteroatoms. The summed E-state index contributed by atoms with van der Waals surface area (Å²) in [5.74, 6) is 0.859. The number of aromatic nitrogens is 2. The number of hydrogen-bond acceptors (Lipinski definition) is 4. The second-order valence-corrected chi connectivity index (χ2v) is 4.88. The van der Waals surface area contributed by atoms with Crippen molar-refractivity contribution in [3.8, 4) is 0 Å². The molecule has 1 aromatic carbocycles. The summed E-state index contributed by atoms with van der Waals surface area (Å²) in [5, 5.41) is 3.34. The van der Waals surface area contributed by atoms with Crippen LogP contribution in [-0.2, 0) is 0 Å². The van der Waals surface area contributed by atoms with Gasteiger partial charge in [0.15, 0.2) is 0 Å². The minimum Gasteiger partial charge on any atom is -0.367 e. The highest BCUT2D eigenvalue weighted by Gasteiger charge is 2.25. The van der Waals surface area contributed by atoms with E-state index in [0.717, 1.165) is 36.0 Å². The molecule has 1 N–H and O–H groups in total. The van der Waals surface area contributed by atoms with Crippen LogP contribution in [0.25, 0.3) is 11.0 Å². The van der Waals surface area contributed by atoms with Gasteiger partial charge in [0.25, 0.3) is 0 Å². The Kier molecular flexibility index (Phi) is 3.11. The second kappa shape index (κ2) is 4.90. The predicted molar refractivity (Wildman–Crippen MR) is 73.7 cm³/mol. The Bertz CT molecular complexity index is 536. The van der Waals surface area contributed by atoms with Crippen molar-refractivity contribution < 1.29 is 0 Å². The van der Waals surface area contributed by atoms with Gasteiger partial charge in [-0.05, 0) is 32.0 Å². The lowest BCUT2D eigenvalue weighted by atomic mass is 10.3. The number of benzene rings is 1. The number of hydrogen-bond donors (Lipinski definition) is 1. The van der Waals surface area contributed by atoms with E-state index < -0.39 is 0 Å². The number of nitrogens with one attached hydrogen (secondary N) is 1. The summed E-state index contributed by atoms with van der Waals surface area (Å²) in [6, 6.07) is 8.75. The van der Waals surface area contributed by atoms with Crippen LogP contribution in [0.4, 0.5) is 5.82 Å². The third-order valence-electron chi connectivity index (χ3n) is 3.39. The zero-order valence-electron chi connectivity index (χ0n) is 10.6. The summed E-state index contributed by atoms with van der Waals surface area (Å²) in [7, 11) is 2.19. The Morgan fingerprint density at radius 2 is 2.06 bits per heavy atom. The van der Waals surface area contributed by atoms with Gasteiger partial charge >= 0.3 is 0 Å². The van der Waals surface area contributed by atoms with Gasteiger partial charge in [-0.2, -0.15) is 0 Å². The largest absolute Gasteiger partial charge is 0.367 e. The van der Waals surface area contributed by atoms with Crippen LogP contribution in [0.3, 0.4) is 0 Å². The molecule has 0 aliphatic heterocycles. The lowest BCUT2D eigenvalue weighted by Gasteiger charge is -2.15. The molecule has 1 fully saturated rings. The van der Waals surface area contributed by atoms with Crippen molar-refractivity contribution in [1.82, 2.24) is 14.9 Å². The third-order valence-corrected chi connectivity index (χ3v) is 3.39. The highest BCUT2D eigenvalue weighted by Crippen LogP contribution is 2.24. The fraction of sp³-hybridized carbons (Fsp3) is 0.429. The SMILES string of the molecule is CN(CCNc1cnc2ccccc2n1)C1CC1. The molecule has 1 aliphatic rings. The van der Waals surface area contributed by atoms with Crippen LogP contribution in [0, 0.1) is 0 Å². The first-order valence-electron chi connectivity index (χ1n) is 6.49. The van der Waals surface area contributed by atoms with E-state index in [2.05, 4.69) is 27.2 Å². The number of nitrogens with zero attached hydrogens (tertiary/aromatic N) is 3. The van der Waals surface area contributed by atoms with Gasteiger partial charge < -0.3 is 10.2 Å². The first-order valence-corrected chi connectivity index (χ1v) is 6.49. The van der Waals surface area contributed by atoms with Gasteiger partial charge in [-0.25, -0.2) is 4.98 Å². The number of anilines is 1. The molecule has 4 nitrogen and oxygen atoms in total. The van der Waals surface area contributed by atoms with E-state index in [1.54, 1.807) is 6.20 Å². The topological polar surface area (TPSA) is 41.0 Å². The summed E-state index contributed by atoms with van der Waals surface area (Å²) in [6.45, 7) is 1.97. The Morgan fingerprint density at radius 1 is 1.28 bits per heavy atom. The van der Waals surface area contributed by atoms with Gasteiger partial charge in [0, 0.05) is 19.1 Å². The molecule has 0 amide bonds. The molecule has 0 radical (unpaired) electrons. The summed E-state index contributed by atoms with van der Waals surface area (Å²) in [6.07, 6.45) is 4.51. The molecule has 0 unspecified atom stereocenters. The summed E-state index contributed by atoms with van der Waals surface area (Å²) in [5.41, 5.74) is 1.89. The van der Waals surface area contributed by atoms with Crippen molar-refractivity contribution in [3.05, 3.63) is 30.5 Å². The van der Waals surface area contributed by atoms with Crippen molar-refractivity contribution in [3.63, 3.8) is 0 Å². The summed E-state index contributed by atoms with van der Waals surface area (Å²) >= 11 is 0. The van der Waals surface area contributed by atoms with E-state index in [0.29, 0.717) is 0 Å². The molecule has 0 bridgehead atoms. The van der Waals surface area contributed by atoms with Crippen LogP contribution in [-0.4, -0.2) is 41.0 Å². The monoisotopic (exact) mass is 242 g/mol. The maximum Gasteiger partial charge on any atom is 0.145 e. The molecule has 1 aliphatic carbocycles. The van der Waals surface area contributed by atoms with Crippen LogP contribution < -0.4 is 5.32 Å². The fourth-order valence-corrected chi connectivity index (χ4v) is 2.10. The van der Waals surface area contributed by atoms with Crippen molar-refractivity contribution in [1.29, 1.82) is 0 Å². The van der Waals surface area contributed by atoms with Gasteiger partial charge in [-0.15, -0.1) is 0 Å². The number of likely N-dealkylation sites (N-methyl/N-ethyl adjacent to an activating group) is 1. The molecule has 3 rings (SSSR count). The Morgan fingerprint density at radius 3 is 2.83 bits per heavy atom. The molecule has 0 spiro atoms. The first-order chi connectivity index (χ1) is 8.83. The molecule has 0 saturated heterocycles. The smallest absolute Gasteiger partial charge is 0.145 e. The van der Waals surface area contributed by atoms with E-state index in [1.165, 1.54) is 12.8 Å². The minimum atomic E-state index is 0.814. The van der Waals surface area contributed by atoms with E-state index in [1.807, 2.05) is 24.3 Å². The van der Waals surface area contributed by atoms with E-state index in [9.17, 15) is 0 Å². The van der Waals surface area contributed by atoms with E-state index in [-0.39, 0.29) is 0 Å². The highest BCUT2D eigenvalue weighted by atomic mass is 15.2. The lowest BCUT2D eigenvalue weighted by Crippen LogP contribution is -2.27. The maximum atomic E-state index is 4.54. The first kappa shape index (κ1) is 11.4. The lowest BCUT2D eigenvalue weighted by molar-refractivity contribution is 0.337. The average Bonchev–Trinajstić information content (AvgIpc) is 3.23. The van der Waals surface area contributed by atoms with Crippen LogP contribution in [0.15, 0.2) is 30.5 Å². The molecule has 0 atom stereocenters. The fourth-order valence-electron chi connectivity index (χ4n) is 2.10. The zero-order chi connectivity index (χ0) is 12.4. The molecular formula is C14H18N4. The van der Waals surface area contributed by atoms with Crippen molar-refractivity contribution >= 4 is 16.9 Å². The van der Waals surface area contributed by atoms with E-state index >= 15 is 0 Å². The van der Waals surface area contributed by atoms with Crippen LogP contribution in [0.2, 0.25) is 0 Å². The van der Waals surface area contributed by atoms with Gasteiger partial charge in [-0.3, -0.25) is 4.98 Å². The standard InChI is InChI=1S/C14H18N4/c1-18(11-6-7-11)9-8-15-14-10-16-12-4-2-3-5-13(12)17-14/h2-5,10-11H,6-9H2,1H3,(H,15,17). The summed E-state index contributed by atoms with van der Waals surface area (Å²) < 4.78 is 0. The molecule has 2 aromatic rings. The van der Waals surface area contributed by atoms with Crippen molar-refractivity contribution in [2.45, 2.75) is 18.9 Å². The van der Waals surface area contributed by atoms with Crippen molar-refractivity contribution in [2.75, 3.05) is 25.5 Å². The molecule has 1 saturated carbocycles. The molecule has 1 heterocycles. The van der Waals surface area contributed by atoms with Gasteiger partial charge in [0.05, 0.1) is 17.2 Å². The number of rotatable bonds is 5. The zero-order valence-corrected chi connectivity index (χ0v) is 10.6. The van der Waals surface area contributed by atoms with E-state index in [4.69, 9.17) is 0 Å². The van der Waals surface area contributed by atoms with Crippen LogP contribution >= 0.6 is 0 Å². The second-order valence-electron chi connectivity index (χ2n) is 4.88. The molecule has 1 aromatic heterocycles. The molecule has 18 heavy (non-hydrogen) atoms. The Balaban J connectivity index is 1.60. The van der Waals surface area contributed by atoms with Gasteiger partial charge in [0.1, 0.15) is 5.82 Å². The highest BCUT2D eigenvalue weighted by molar-refractivity contribution is 5.75. The number of fused-ring (bicyclic) bond motifs is 1. The van der Waals surface area contributed by atoms with Crippen LogP contribution in [0.5, 0.6) is 0 Å². The van der Waals surface area contributed by atoms with Crippen LogP contribution in [0.1, 0.15) is 12.8 Å². The Hall–Kier alpha value is -1.68. The quantitative estimate of drug-likeness (QED) is 0.872. The average molecular weight is 242 g/mol. The predicted octanol–water partition coefficient (Wildman–Crippen LogP) is 2.14. The number of para-hydroxylation sites is 2. The summed E-state index contributed by atoms with van der Waals surface area (Å²) in [4.78, 5) is 11.3. The minimum absolute atomic E-state index is 0.814. The van der Waals surface area contributed by atoms with Gasteiger partial charge in [-0.1, -0.05) is 12.1 Å². The Labute approximate surface area is 107 Å². The third kappa shape index (κ3) is 2.59. The molecule has 94 valence electrons. The normalized spacial score (nSPS) is 15.2. The molecular weight excluding hydrogens is 224 g/mol.